The third-order valence-electron chi connectivity index (χ3n) is 2.67. The van der Waals surface area contributed by atoms with Crippen LogP contribution >= 0.6 is 22.9 Å². The van der Waals surface area contributed by atoms with E-state index in [-0.39, 0.29) is 5.91 Å². The molecule has 0 aliphatic heterocycles. The highest BCUT2D eigenvalue weighted by atomic mass is 35.5. The van der Waals surface area contributed by atoms with E-state index in [0.717, 1.165) is 14.9 Å². The molecule has 0 spiro atoms. The molecule has 0 saturated heterocycles. The fraction of sp³-hybridized carbons (Fsp3) is 0.214. The van der Waals surface area contributed by atoms with Gasteiger partial charge in [-0.1, -0.05) is 29.8 Å². The molecular formula is C14H15ClN2OS. The molecule has 2 aromatic rings. The molecule has 2 rings (SSSR count). The summed E-state index contributed by atoms with van der Waals surface area (Å²) in [6.07, 6.45) is 0. The Bertz CT molecular complexity index is 541. The highest BCUT2D eigenvalue weighted by Gasteiger charge is 2.10. The number of carbonyl (C=O) groups excluding carboxylic acids is 1. The number of halogens is 1. The van der Waals surface area contributed by atoms with Crippen LogP contribution in [0.15, 0.2) is 42.5 Å². The number of hydrogen-bond acceptors (Lipinski definition) is 3. The van der Waals surface area contributed by atoms with Crippen molar-refractivity contribution < 1.29 is 4.79 Å². The number of likely N-dealkylation sites (N-methyl/N-ethyl adjacent to an activating group) is 1. The highest BCUT2D eigenvalue weighted by Crippen LogP contribution is 2.22. The van der Waals surface area contributed by atoms with Crippen LogP contribution in [0.4, 0.5) is 5.69 Å². The molecule has 1 aromatic heterocycles. The molecule has 0 aliphatic carbocycles. The maximum Gasteiger partial charge on any atom is 0.241 e. The number of rotatable bonds is 5. The minimum Gasteiger partial charge on any atom is -0.376 e. The summed E-state index contributed by atoms with van der Waals surface area (Å²) in [4.78, 5) is 14.7. The van der Waals surface area contributed by atoms with Gasteiger partial charge in [-0.15, -0.1) is 11.3 Å². The van der Waals surface area contributed by atoms with E-state index in [1.54, 1.807) is 11.9 Å². The van der Waals surface area contributed by atoms with Crippen molar-refractivity contribution in [3.05, 3.63) is 51.7 Å². The molecule has 1 aromatic carbocycles. The van der Waals surface area contributed by atoms with Gasteiger partial charge in [-0.25, -0.2) is 0 Å². The van der Waals surface area contributed by atoms with Crippen molar-refractivity contribution in [3.63, 3.8) is 0 Å². The molecule has 0 saturated carbocycles. The molecule has 0 fully saturated rings. The van der Waals surface area contributed by atoms with Crippen LogP contribution < -0.4 is 5.32 Å². The van der Waals surface area contributed by atoms with Crippen LogP contribution in [0.2, 0.25) is 4.34 Å². The second-order valence-electron chi connectivity index (χ2n) is 4.18. The molecule has 19 heavy (non-hydrogen) atoms. The molecule has 5 heteroatoms. The van der Waals surface area contributed by atoms with Crippen molar-refractivity contribution in [3.8, 4) is 0 Å². The van der Waals surface area contributed by atoms with Gasteiger partial charge in [-0.3, -0.25) is 4.79 Å². The first-order chi connectivity index (χ1) is 9.15. The molecule has 1 amide bonds. The number of nitrogens with zero attached hydrogens (tertiary/aromatic N) is 1. The summed E-state index contributed by atoms with van der Waals surface area (Å²) in [5, 5.41) is 3.10. The van der Waals surface area contributed by atoms with Gasteiger partial charge in [-0.05, 0) is 24.3 Å². The fourth-order valence-corrected chi connectivity index (χ4v) is 2.77. The van der Waals surface area contributed by atoms with E-state index in [9.17, 15) is 4.79 Å². The van der Waals surface area contributed by atoms with E-state index in [1.807, 2.05) is 42.5 Å². The number of carbonyl (C=O) groups is 1. The summed E-state index contributed by atoms with van der Waals surface area (Å²) >= 11 is 7.37. The fourth-order valence-electron chi connectivity index (χ4n) is 1.63. The topological polar surface area (TPSA) is 32.3 Å². The lowest BCUT2D eigenvalue weighted by Crippen LogP contribution is -2.31. The number of para-hydroxylation sites is 1. The average Bonchev–Trinajstić information content (AvgIpc) is 2.82. The van der Waals surface area contributed by atoms with Crippen LogP contribution in [0.5, 0.6) is 0 Å². The van der Waals surface area contributed by atoms with Gasteiger partial charge in [0.25, 0.3) is 0 Å². The van der Waals surface area contributed by atoms with Crippen LogP contribution in [0, 0.1) is 0 Å². The molecule has 0 radical (unpaired) electrons. The average molecular weight is 295 g/mol. The molecule has 0 unspecified atom stereocenters. The Balaban J connectivity index is 1.82. The Morgan fingerprint density at radius 3 is 2.63 bits per heavy atom. The minimum atomic E-state index is 0.0494. The van der Waals surface area contributed by atoms with E-state index in [2.05, 4.69) is 5.32 Å². The molecule has 1 N–H and O–H groups in total. The van der Waals surface area contributed by atoms with Crippen molar-refractivity contribution in [1.82, 2.24) is 4.90 Å². The first-order valence-electron chi connectivity index (χ1n) is 5.92. The van der Waals surface area contributed by atoms with Crippen molar-refractivity contribution in [1.29, 1.82) is 0 Å². The summed E-state index contributed by atoms with van der Waals surface area (Å²) in [5.74, 6) is 0.0494. The zero-order valence-corrected chi connectivity index (χ0v) is 12.2. The van der Waals surface area contributed by atoms with Gasteiger partial charge in [0.1, 0.15) is 0 Å². The van der Waals surface area contributed by atoms with Crippen LogP contribution in [-0.2, 0) is 11.3 Å². The summed E-state index contributed by atoms with van der Waals surface area (Å²) in [6, 6.07) is 13.5. The van der Waals surface area contributed by atoms with Gasteiger partial charge in [0.15, 0.2) is 0 Å². The Hall–Kier alpha value is -1.52. The number of amides is 1. The lowest BCUT2D eigenvalue weighted by atomic mass is 10.3. The second kappa shape index (κ2) is 6.59. The van der Waals surface area contributed by atoms with Gasteiger partial charge in [0.05, 0.1) is 17.4 Å². The number of benzene rings is 1. The largest absolute Gasteiger partial charge is 0.376 e. The first kappa shape index (κ1) is 13.9. The lowest BCUT2D eigenvalue weighted by Gasteiger charge is -2.17. The summed E-state index contributed by atoms with van der Waals surface area (Å²) in [5.41, 5.74) is 0.948. The van der Waals surface area contributed by atoms with E-state index in [1.165, 1.54) is 11.3 Å². The molecule has 0 bridgehead atoms. The Labute approximate surface area is 121 Å². The second-order valence-corrected chi connectivity index (χ2v) is 5.97. The molecule has 0 aliphatic rings. The van der Waals surface area contributed by atoms with Crippen LogP contribution in [-0.4, -0.2) is 24.4 Å². The molecule has 100 valence electrons. The zero-order valence-electron chi connectivity index (χ0n) is 10.6. The van der Waals surface area contributed by atoms with Gasteiger partial charge in [0.2, 0.25) is 5.91 Å². The van der Waals surface area contributed by atoms with Crippen LogP contribution in [0.1, 0.15) is 4.88 Å². The third-order valence-corrected chi connectivity index (χ3v) is 3.88. The standard InChI is InChI=1S/C14H15ClN2OS/c1-17(10-12-7-8-13(15)19-12)14(18)9-16-11-5-3-2-4-6-11/h2-8,16H,9-10H2,1H3. The predicted molar refractivity (Wildman–Crippen MR) is 80.7 cm³/mol. The molecule has 1 heterocycles. The summed E-state index contributed by atoms with van der Waals surface area (Å²) in [7, 11) is 1.79. The summed E-state index contributed by atoms with van der Waals surface area (Å²) < 4.78 is 0.748. The number of nitrogens with one attached hydrogen (secondary N) is 1. The van der Waals surface area contributed by atoms with Gasteiger partial charge < -0.3 is 10.2 Å². The Morgan fingerprint density at radius 2 is 2.00 bits per heavy atom. The predicted octanol–water partition coefficient (Wildman–Crippen LogP) is 3.47. The van der Waals surface area contributed by atoms with E-state index < -0.39 is 0 Å². The van der Waals surface area contributed by atoms with Crippen molar-refractivity contribution in [2.24, 2.45) is 0 Å². The number of thiophene rings is 1. The van der Waals surface area contributed by atoms with Crippen molar-refractivity contribution in [2.45, 2.75) is 6.54 Å². The third kappa shape index (κ3) is 4.26. The quantitative estimate of drug-likeness (QED) is 0.916. The Morgan fingerprint density at radius 1 is 1.26 bits per heavy atom. The van der Waals surface area contributed by atoms with E-state index >= 15 is 0 Å². The minimum absolute atomic E-state index is 0.0494. The maximum atomic E-state index is 12.0. The van der Waals surface area contributed by atoms with Crippen LogP contribution in [0.3, 0.4) is 0 Å². The number of hydrogen-bond donors (Lipinski definition) is 1. The highest BCUT2D eigenvalue weighted by molar-refractivity contribution is 7.16. The summed E-state index contributed by atoms with van der Waals surface area (Å²) in [6.45, 7) is 0.881. The maximum absolute atomic E-state index is 12.0. The van der Waals surface area contributed by atoms with Crippen molar-refractivity contribution in [2.75, 3.05) is 18.9 Å². The van der Waals surface area contributed by atoms with Crippen molar-refractivity contribution >= 4 is 34.5 Å². The number of anilines is 1. The van der Waals surface area contributed by atoms with E-state index in [0.29, 0.717) is 13.1 Å². The smallest absolute Gasteiger partial charge is 0.241 e. The van der Waals surface area contributed by atoms with E-state index in [4.69, 9.17) is 11.6 Å². The Kier molecular flexibility index (Phi) is 4.82. The molecule has 3 nitrogen and oxygen atoms in total. The molecular weight excluding hydrogens is 280 g/mol. The normalized spacial score (nSPS) is 10.2. The lowest BCUT2D eigenvalue weighted by molar-refractivity contribution is -0.128. The SMILES string of the molecule is CN(Cc1ccc(Cl)s1)C(=O)CNc1ccccc1. The monoisotopic (exact) mass is 294 g/mol. The first-order valence-corrected chi connectivity index (χ1v) is 7.11. The zero-order chi connectivity index (χ0) is 13.7. The molecule has 0 atom stereocenters. The van der Waals surface area contributed by atoms with Gasteiger partial charge >= 0.3 is 0 Å². The van der Waals surface area contributed by atoms with Crippen LogP contribution in [0.25, 0.3) is 0 Å². The van der Waals surface area contributed by atoms with Gasteiger partial charge in [0, 0.05) is 17.6 Å². The van der Waals surface area contributed by atoms with Gasteiger partial charge in [-0.2, -0.15) is 0 Å².